The highest BCUT2D eigenvalue weighted by Gasteiger charge is 2.23. The third-order valence-corrected chi connectivity index (χ3v) is 2.81. The van der Waals surface area contributed by atoms with Crippen LogP contribution in [-0.4, -0.2) is 38.5 Å². The van der Waals surface area contributed by atoms with Crippen molar-refractivity contribution in [3.8, 4) is 0 Å². The van der Waals surface area contributed by atoms with E-state index in [1.807, 2.05) is 0 Å². The molecule has 8 nitrogen and oxygen atoms in total. The molecule has 0 radical (unpaired) electrons. The summed E-state index contributed by atoms with van der Waals surface area (Å²) in [5.74, 6) is -1.24. The lowest BCUT2D eigenvalue weighted by molar-refractivity contribution is -0.141. The van der Waals surface area contributed by atoms with Crippen molar-refractivity contribution in [3.63, 3.8) is 0 Å². The second-order valence-electron chi connectivity index (χ2n) is 4.26. The van der Waals surface area contributed by atoms with E-state index >= 15 is 0 Å². The first-order valence-corrected chi connectivity index (χ1v) is 6.18. The van der Waals surface area contributed by atoms with E-state index in [-0.39, 0.29) is 31.9 Å². The van der Waals surface area contributed by atoms with Crippen LogP contribution in [0.2, 0.25) is 0 Å². The molecule has 0 aliphatic heterocycles. The maximum atomic E-state index is 12.2. The fraction of sp³-hybridized carbons (Fsp3) is 0.583. The zero-order valence-corrected chi connectivity index (χ0v) is 11.4. The Kier molecular flexibility index (Phi) is 5.66. The molecule has 0 saturated heterocycles. The van der Waals surface area contributed by atoms with Crippen LogP contribution in [0.5, 0.6) is 0 Å². The Labute approximate surface area is 114 Å². The topological polar surface area (TPSA) is 111 Å². The van der Waals surface area contributed by atoms with Gasteiger partial charge in [-0.05, 0) is 13.3 Å². The summed E-state index contributed by atoms with van der Waals surface area (Å²) >= 11 is 0. The van der Waals surface area contributed by atoms with Gasteiger partial charge in [-0.1, -0.05) is 6.92 Å². The number of carbonyl (C=O) groups is 1. The Bertz CT molecular complexity index is 589. The second-order valence-corrected chi connectivity index (χ2v) is 4.26. The third-order valence-electron chi connectivity index (χ3n) is 2.81. The van der Waals surface area contributed by atoms with Crippen molar-refractivity contribution in [2.45, 2.75) is 33.0 Å². The quantitative estimate of drug-likeness (QED) is 0.642. The molecule has 1 aromatic heterocycles. The highest BCUT2D eigenvalue weighted by molar-refractivity contribution is 5.71. The minimum absolute atomic E-state index is 0.0424. The molecule has 0 bridgehead atoms. The molecule has 0 saturated carbocycles. The molecule has 0 aromatic carbocycles. The number of aliphatic carboxylic acids is 1. The summed E-state index contributed by atoms with van der Waals surface area (Å²) in [7, 11) is 0. The van der Waals surface area contributed by atoms with Gasteiger partial charge in [-0.25, -0.2) is 14.2 Å². The summed E-state index contributed by atoms with van der Waals surface area (Å²) in [6.45, 7) is 2.77. The molecule has 0 aliphatic rings. The van der Waals surface area contributed by atoms with Crippen molar-refractivity contribution in [3.05, 3.63) is 32.6 Å². The Balaban J connectivity index is 3.32. The Hall–Kier alpha value is -1.93. The summed E-state index contributed by atoms with van der Waals surface area (Å²) in [6.07, 6.45) is 1.43. The van der Waals surface area contributed by atoms with Crippen LogP contribution in [0, 0.1) is 6.92 Å². The molecule has 1 heterocycles. The van der Waals surface area contributed by atoms with Gasteiger partial charge in [0.2, 0.25) is 0 Å². The molecule has 2 N–H and O–H groups in total. The molecule has 1 atom stereocenters. The van der Waals surface area contributed by atoms with Gasteiger partial charge in [0.15, 0.2) is 0 Å². The smallest absolute Gasteiger partial charge is 0.333 e. The first-order chi connectivity index (χ1) is 9.43. The van der Waals surface area contributed by atoms with E-state index in [0.717, 1.165) is 9.13 Å². The predicted molar refractivity (Wildman–Crippen MR) is 69.7 cm³/mol. The molecule has 0 spiro atoms. The van der Waals surface area contributed by atoms with Crippen LogP contribution >= 0.6 is 0 Å². The van der Waals surface area contributed by atoms with Gasteiger partial charge in [0.25, 0.3) is 5.56 Å². The zero-order valence-electron chi connectivity index (χ0n) is 11.4. The van der Waals surface area contributed by atoms with Crippen molar-refractivity contribution in [2.24, 2.45) is 0 Å². The summed E-state index contributed by atoms with van der Waals surface area (Å²) in [5.41, 5.74) is -1.12. The van der Waals surface area contributed by atoms with Crippen molar-refractivity contribution < 1.29 is 19.7 Å². The Morgan fingerprint density at radius 1 is 1.45 bits per heavy atom. The van der Waals surface area contributed by atoms with E-state index in [1.54, 1.807) is 6.92 Å². The van der Waals surface area contributed by atoms with E-state index in [0.29, 0.717) is 0 Å². The van der Waals surface area contributed by atoms with E-state index in [4.69, 9.17) is 14.9 Å². The van der Waals surface area contributed by atoms with Crippen molar-refractivity contribution in [2.75, 3.05) is 13.2 Å². The van der Waals surface area contributed by atoms with E-state index in [1.165, 1.54) is 13.1 Å². The van der Waals surface area contributed by atoms with Crippen molar-refractivity contribution >= 4 is 5.97 Å². The lowest BCUT2D eigenvalue weighted by Crippen LogP contribution is -2.45. The average Bonchev–Trinajstić information content (AvgIpc) is 2.40. The summed E-state index contributed by atoms with van der Waals surface area (Å²) in [5, 5.41) is 17.7. The minimum atomic E-state index is -1.24. The predicted octanol–water partition coefficient (Wildman–Crippen LogP) is -0.679. The number of aliphatic hydroxyl groups is 1. The second kappa shape index (κ2) is 7.01. The number of hydrogen-bond donors (Lipinski definition) is 2. The number of carboxylic acid groups (broad SMARTS) is 1. The van der Waals surface area contributed by atoms with Crippen LogP contribution in [0.25, 0.3) is 0 Å². The first kappa shape index (κ1) is 16.1. The average molecular weight is 286 g/mol. The van der Waals surface area contributed by atoms with E-state index < -0.39 is 23.3 Å². The number of hydrogen-bond acceptors (Lipinski definition) is 5. The fourth-order valence-electron chi connectivity index (χ4n) is 1.82. The van der Waals surface area contributed by atoms with Crippen LogP contribution in [-0.2, 0) is 16.3 Å². The van der Waals surface area contributed by atoms with E-state index in [9.17, 15) is 14.4 Å². The van der Waals surface area contributed by atoms with Crippen LogP contribution < -0.4 is 11.2 Å². The minimum Gasteiger partial charge on any atom is -0.480 e. The van der Waals surface area contributed by atoms with Crippen molar-refractivity contribution in [1.29, 1.82) is 0 Å². The SMILES string of the molecule is CCC(C(=O)O)n1c(=O)c(C)cn(COCCO)c1=O. The van der Waals surface area contributed by atoms with Crippen LogP contribution in [0.15, 0.2) is 15.8 Å². The number of nitrogens with zero attached hydrogens (tertiary/aromatic N) is 2. The number of carboxylic acids is 1. The number of aliphatic hydroxyl groups excluding tert-OH is 1. The van der Waals surface area contributed by atoms with Crippen LogP contribution in [0.4, 0.5) is 0 Å². The number of ether oxygens (including phenoxy) is 1. The molecule has 112 valence electrons. The molecule has 0 aliphatic carbocycles. The maximum absolute atomic E-state index is 12.2. The fourth-order valence-corrected chi connectivity index (χ4v) is 1.82. The summed E-state index contributed by atoms with van der Waals surface area (Å²) < 4.78 is 6.85. The normalized spacial score (nSPS) is 12.3. The lowest BCUT2D eigenvalue weighted by Gasteiger charge is -2.16. The molecular formula is C12H18N2O6. The van der Waals surface area contributed by atoms with Crippen molar-refractivity contribution in [1.82, 2.24) is 9.13 Å². The molecule has 0 amide bonds. The highest BCUT2D eigenvalue weighted by atomic mass is 16.5. The molecule has 1 rings (SSSR count). The standard InChI is InChI=1S/C12H18N2O6/c1-3-9(11(17)18)14-10(16)8(2)6-13(12(14)19)7-20-5-4-15/h6,9,15H,3-5,7H2,1-2H3,(H,17,18). The highest BCUT2D eigenvalue weighted by Crippen LogP contribution is 2.06. The van der Waals surface area contributed by atoms with Gasteiger partial charge in [0.1, 0.15) is 12.8 Å². The van der Waals surface area contributed by atoms with E-state index in [2.05, 4.69) is 0 Å². The number of aromatic nitrogens is 2. The Morgan fingerprint density at radius 3 is 2.60 bits per heavy atom. The maximum Gasteiger partial charge on any atom is 0.333 e. The number of rotatable bonds is 7. The molecule has 1 aromatic rings. The Morgan fingerprint density at radius 2 is 2.10 bits per heavy atom. The van der Waals surface area contributed by atoms with Gasteiger partial charge >= 0.3 is 11.7 Å². The lowest BCUT2D eigenvalue weighted by atomic mass is 10.2. The van der Waals surface area contributed by atoms with Gasteiger partial charge in [0, 0.05) is 11.8 Å². The number of aryl methyl sites for hydroxylation is 1. The van der Waals surface area contributed by atoms with Gasteiger partial charge in [0.05, 0.1) is 13.2 Å². The van der Waals surface area contributed by atoms with Gasteiger partial charge < -0.3 is 14.9 Å². The van der Waals surface area contributed by atoms with Gasteiger partial charge in [-0.15, -0.1) is 0 Å². The summed E-state index contributed by atoms with van der Waals surface area (Å²) in [6, 6.07) is -1.21. The monoisotopic (exact) mass is 286 g/mol. The summed E-state index contributed by atoms with van der Waals surface area (Å²) in [4.78, 5) is 35.3. The largest absolute Gasteiger partial charge is 0.480 e. The van der Waals surface area contributed by atoms with Crippen LogP contribution in [0.1, 0.15) is 24.9 Å². The zero-order chi connectivity index (χ0) is 15.3. The molecule has 1 unspecified atom stereocenters. The van der Waals surface area contributed by atoms with Gasteiger partial charge in [-0.2, -0.15) is 0 Å². The molecule has 8 heteroatoms. The third kappa shape index (κ3) is 3.34. The van der Waals surface area contributed by atoms with Gasteiger partial charge in [-0.3, -0.25) is 9.36 Å². The molecule has 20 heavy (non-hydrogen) atoms. The molecule has 0 fully saturated rings. The molecular weight excluding hydrogens is 268 g/mol. The van der Waals surface area contributed by atoms with Crippen LogP contribution in [0.3, 0.4) is 0 Å². The first-order valence-electron chi connectivity index (χ1n) is 6.18.